The van der Waals surface area contributed by atoms with Gasteiger partial charge >= 0.3 is 0 Å². The lowest BCUT2D eigenvalue weighted by molar-refractivity contribution is 0.110. The fourth-order valence-corrected chi connectivity index (χ4v) is 3.86. The third-order valence-corrected chi connectivity index (χ3v) is 6.18. The number of fused-ring (bicyclic) bond motifs is 2. The minimum absolute atomic E-state index is 0.472. The molecule has 0 aliphatic heterocycles. The van der Waals surface area contributed by atoms with Crippen molar-refractivity contribution in [3.63, 3.8) is 0 Å². The van der Waals surface area contributed by atoms with Crippen molar-refractivity contribution in [1.82, 2.24) is 0 Å². The molecule has 0 amide bonds. The standard InChI is InChI=1S/C20H32/c1-15-7-6-8-16(2)13-14-20(5)17(3)10-12-19(11-9-15)18(20)4/h8-9,12,17-18H,6-7,10-11,13-14H2,1-5H3/b15-9+,16-8+/t17-,18+,20+/m0/s1. The smallest absolute Gasteiger partial charge is 0.0133 e. The molecular weight excluding hydrogens is 240 g/mol. The maximum absolute atomic E-state index is 2.54. The van der Waals surface area contributed by atoms with Gasteiger partial charge in [0, 0.05) is 0 Å². The molecule has 2 bridgehead atoms. The van der Waals surface area contributed by atoms with E-state index in [9.17, 15) is 0 Å². The minimum atomic E-state index is 0.472. The third kappa shape index (κ3) is 3.27. The summed E-state index contributed by atoms with van der Waals surface area (Å²) in [5.41, 5.74) is 5.31. The highest BCUT2D eigenvalue weighted by Crippen LogP contribution is 2.49. The molecule has 0 N–H and O–H groups in total. The van der Waals surface area contributed by atoms with E-state index in [0.717, 1.165) is 11.8 Å². The Morgan fingerprint density at radius 2 is 1.70 bits per heavy atom. The second kappa shape index (κ2) is 6.33. The molecule has 3 atom stereocenters. The van der Waals surface area contributed by atoms with Gasteiger partial charge < -0.3 is 0 Å². The van der Waals surface area contributed by atoms with Crippen LogP contribution in [0.1, 0.15) is 73.1 Å². The largest absolute Gasteiger partial charge is 0.0853 e. The van der Waals surface area contributed by atoms with E-state index in [-0.39, 0.29) is 0 Å². The van der Waals surface area contributed by atoms with Gasteiger partial charge in [0.2, 0.25) is 0 Å². The van der Waals surface area contributed by atoms with Gasteiger partial charge in [0.15, 0.2) is 0 Å². The van der Waals surface area contributed by atoms with Gasteiger partial charge in [0.25, 0.3) is 0 Å². The van der Waals surface area contributed by atoms with Crippen LogP contribution in [-0.2, 0) is 0 Å². The Morgan fingerprint density at radius 1 is 1.00 bits per heavy atom. The van der Waals surface area contributed by atoms with Crippen molar-refractivity contribution in [2.45, 2.75) is 73.1 Å². The molecule has 0 nitrogen and oxygen atoms in total. The summed E-state index contributed by atoms with van der Waals surface area (Å²) >= 11 is 0. The van der Waals surface area contributed by atoms with Crippen molar-refractivity contribution in [1.29, 1.82) is 0 Å². The van der Waals surface area contributed by atoms with Gasteiger partial charge in [-0.1, -0.05) is 55.7 Å². The average Bonchev–Trinajstić information content (AvgIpc) is 2.41. The summed E-state index contributed by atoms with van der Waals surface area (Å²) in [6.45, 7) is 12.1. The van der Waals surface area contributed by atoms with Crippen molar-refractivity contribution in [3.8, 4) is 0 Å². The Bertz CT molecular complexity index is 435. The molecule has 0 saturated heterocycles. The van der Waals surface area contributed by atoms with Crippen molar-refractivity contribution in [2.24, 2.45) is 17.3 Å². The first-order chi connectivity index (χ1) is 9.43. The summed E-state index contributed by atoms with van der Waals surface area (Å²) in [5, 5.41) is 0. The monoisotopic (exact) mass is 272 g/mol. The Morgan fingerprint density at radius 3 is 2.45 bits per heavy atom. The van der Waals surface area contributed by atoms with Crippen LogP contribution in [0.25, 0.3) is 0 Å². The fraction of sp³-hybridized carbons (Fsp3) is 0.700. The molecular formula is C20H32. The SMILES string of the molecule is C/C1=C\CC2=CC[C@H](C)[C@@](C)(CC/C(C)=C/CC1)[C@@H]2C. The van der Waals surface area contributed by atoms with Crippen molar-refractivity contribution >= 4 is 0 Å². The number of rotatable bonds is 0. The number of hydrogen-bond donors (Lipinski definition) is 0. The second-order valence-corrected chi connectivity index (χ2v) is 7.49. The van der Waals surface area contributed by atoms with E-state index < -0.39 is 0 Å². The van der Waals surface area contributed by atoms with Crippen molar-refractivity contribution in [2.75, 3.05) is 0 Å². The zero-order valence-corrected chi connectivity index (χ0v) is 14.1. The molecule has 0 aromatic heterocycles. The second-order valence-electron chi connectivity index (χ2n) is 7.49. The number of hydrogen-bond acceptors (Lipinski definition) is 0. The lowest BCUT2D eigenvalue weighted by Crippen LogP contribution is -2.36. The highest BCUT2D eigenvalue weighted by Gasteiger charge is 2.39. The van der Waals surface area contributed by atoms with E-state index in [1.165, 1.54) is 38.5 Å². The molecule has 0 aromatic rings. The first-order valence-electron chi connectivity index (χ1n) is 8.43. The van der Waals surface area contributed by atoms with Crippen molar-refractivity contribution < 1.29 is 0 Å². The highest BCUT2D eigenvalue weighted by atomic mass is 14.4. The van der Waals surface area contributed by atoms with Crippen LogP contribution >= 0.6 is 0 Å². The van der Waals surface area contributed by atoms with E-state index in [0.29, 0.717) is 5.41 Å². The van der Waals surface area contributed by atoms with Gasteiger partial charge in [0.1, 0.15) is 0 Å². The van der Waals surface area contributed by atoms with Gasteiger partial charge in [-0.3, -0.25) is 0 Å². The Hall–Kier alpha value is -0.780. The summed E-state index contributed by atoms with van der Waals surface area (Å²) in [7, 11) is 0. The van der Waals surface area contributed by atoms with Crippen LogP contribution < -0.4 is 0 Å². The highest BCUT2D eigenvalue weighted by molar-refractivity contribution is 5.21. The van der Waals surface area contributed by atoms with Crippen LogP contribution in [0.5, 0.6) is 0 Å². The minimum Gasteiger partial charge on any atom is -0.0853 e. The summed E-state index contributed by atoms with van der Waals surface area (Å²) < 4.78 is 0. The zero-order chi connectivity index (χ0) is 14.8. The Balaban J connectivity index is 2.30. The van der Waals surface area contributed by atoms with E-state index >= 15 is 0 Å². The lowest BCUT2D eigenvalue weighted by Gasteiger charge is -2.45. The first-order valence-corrected chi connectivity index (χ1v) is 8.43. The van der Waals surface area contributed by atoms with Gasteiger partial charge in [0.05, 0.1) is 0 Å². The molecule has 0 heterocycles. The Kier molecular flexibility index (Phi) is 4.94. The van der Waals surface area contributed by atoms with Crippen LogP contribution in [0.4, 0.5) is 0 Å². The normalized spacial score (nSPS) is 41.4. The van der Waals surface area contributed by atoms with Gasteiger partial charge in [-0.05, 0) is 69.6 Å². The molecule has 0 aromatic carbocycles. The third-order valence-electron chi connectivity index (χ3n) is 6.18. The summed E-state index contributed by atoms with van der Waals surface area (Å²) in [5.74, 6) is 1.53. The van der Waals surface area contributed by atoms with Crippen LogP contribution in [0.15, 0.2) is 34.9 Å². The predicted octanol–water partition coefficient (Wildman–Crippen LogP) is 6.45. The molecule has 112 valence electrons. The van der Waals surface area contributed by atoms with E-state index in [2.05, 4.69) is 52.8 Å². The fourth-order valence-electron chi connectivity index (χ4n) is 3.86. The number of allylic oxidation sites excluding steroid dienone is 6. The molecule has 0 heteroatoms. The van der Waals surface area contributed by atoms with Gasteiger partial charge in [-0.15, -0.1) is 0 Å². The zero-order valence-electron chi connectivity index (χ0n) is 14.1. The molecule has 2 aliphatic rings. The predicted molar refractivity (Wildman–Crippen MR) is 89.7 cm³/mol. The summed E-state index contributed by atoms with van der Waals surface area (Å²) in [6, 6.07) is 0. The van der Waals surface area contributed by atoms with E-state index in [1.807, 2.05) is 0 Å². The topological polar surface area (TPSA) is 0 Å². The maximum Gasteiger partial charge on any atom is -0.0133 e. The molecule has 2 aliphatic carbocycles. The van der Waals surface area contributed by atoms with E-state index in [4.69, 9.17) is 0 Å². The molecule has 2 rings (SSSR count). The first kappa shape index (κ1) is 15.6. The molecule has 0 fully saturated rings. The van der Waals surface area contributed by atoms with Crippen LogP contribution in [0, 0.1) is 17.3 Å². The molecule has 0 saturated carbocycles. The van der Waals surface area contributed by atoms with Gasteiger partial charge in [-0.2, -0.15) is 0 Å². The van der Waals surface area contributed by atoms with Crippen molar-refractivity contribution in [3.05, 3.63) is 34.9 Å². The lowest BCUT2D eigenvalue weighted by atomic mass is 9.59. The van der Waals surface area contributed by atoms with Crippen LogP contribution in [0.2, 0.25) is 0 Å². The van der Waals surface area contributed by atoms with Crippen LogP contribution in [-0.4, -0.2) is 0 Å². The molecule has 0 radical (unpaired) electrons. The van der Waals surface area contributed by atoms with Gasteiger partial charge in [-0.25, -0.2) is 0 Å². The maximum atomic E-state index is 2.54. The molecule has 0 spiro atoms. The van der Waals surface area contributed by atoms with E-state index in [1.54, 1.807) is 16.7 Å². The summed E-state index contributed by atoms with van der Waals surface area (Å²) in [4.78, 5) is 0. The quantitative estimate of drug-likeness (QED) is 0.444. The Labute approximate surface area is 126 Å². The average molecular weight is 272 g/mol. The van der Waals surface area contributed by atoms with Crippen LogP contribution in [0.3, 0.4) is 0 Å². The molecule has 20 heavy (non-hydrogen) atoms. The summed E-state index contributed by atoms with van der Waals surface area (Å²) in [6.07, 6.45) is 15.0. The molecule has 0 unspecified atom stereocenters.